The van der Waals surface area contributed by atoms with E-state index in [0.717, 1.165) is 27.9 Å². The molecule has 2 aromatic carbocycles. The van der Waals surface area contributed by atoms with Crippen molar-refractivity contribution in [2.75, 3.05) is 0 Å². The lowest BCUT2D eigenvalue weighted by Crippen LogP contribution is -2.57. The summed E-state index contributed by atoms with van der Waals surface area (Å²) >= 11 is 6.54. The van der Waals surface area contributed by atoms with Crippen molar-refractivity contribution in [2.24, 2.45) is 0 Å². The van der Waals surface area contributed by atoms with Crippen LogP contribution in [0, 0.1) is 0 Å². The molecule has 1 aliphatic rings. The fraction of sp³-hybridized carbons (Fsp3) is 0.286. The van der Waals surface area contributed by atoms with Crippen LogP contribution in [0.4, 0.5) is 0 Å². The zero-order chi connectivity index (χ0) is 16.9. The number of halogens is 1. The standard InChI is InChI=1S/C21H21ClN2/c1-20(2)12-16-17(8-6-9-18(16)22)21(3,24-20)15-11-14-7-4-5-10-19(14)23-13-15/h4-11,13,24H,12H2,1-3H3. The Morgan fingerprint density at radius 3 is 2.67 bits per heavy atom. The molecule has 2 heterocycles. The van der Waals surface area contributed by atoms with Gasteiger partial charge >= 0.3 is 0 Å². The van der Waals surface area contributed by atoms with E-state index in [1.807, 2.05) is 30.5 Å². The third-order valence-corrected chi connectivity index (χ3v) is 5.39. The van der Waals surface area contributed by atoms with Gasteiger partial charge in [0.2, 0.25) is 0 Å². The molecule has 0 aliphatic carbocycles. The lowest BCUT2D eigenvalue weighted by atomic mass is 9.73. The van der Waals surface area contributed by atoms with Crippen LogP contribution < -0.4 is 5.32 Å². The second-order valence-corrected chi connectivity index (χ2v) is 7.90. The van der Waals surface area contributed by atoms with E-state index in [9.17, 15) is 0 Å². The summed E-state index contributed by atoms with van der Waals surface area (Å²) in [6.07, 6.45) is 2.90. The Kier molecular flexibility index (Phi) is 3.45. The summed E-state index contributed by atoms with van der Waals surface area (Å²) in [6, 6.07) is 16.7. The number of nitrogens with one attached hydrogen (secondary N) is 1. The SMILES string of the molecule is CC1(C)Cc2c(Cl)cccc2C(C)(c2cnc3ccccc3c2)N1. The molecule has 0 saturated heterocycles. The number of benzene rings is 2. The van der Waals surface area contributed by atoms with Crippen molar-refractivity contribution in [1.82, 2.24) is 10.3 Å². The first-order chi connectivity index (χ1) is 11.4. The molecule has 1 unspecified atom stereocenters. The van der Waals surface area contributed by atoms with E-state index >= 15 is 0 Å². The van der Waals surface area contributed by atoms with Gasteiger partial charge in [0.1, 0.15) is 0 Å². The van der Waals surface area contributed by atoms with Crippen molar-refractivity contribution < 1.29 is 0 Å². The summed E-state index contributed by atoms with van der Waals surface area (Å²) in [5.74, 6) is 0. The van der Waals surface area contributed by atoms with Crippen molar-refractivity contribution >= 4 is 22.5 Å². The summed E-state index contributed by atoms with van der Waals surface area (Å²) in [4.78, 5) is 4.67. The Hall–Kier alpha value is -1.90. The third kappa shape index (κ3) is 2.42. The van der Waals surface area contributed by atoms with Gasteiger partial charge in [0.25, 0.3) is 0 Å². The van der Waals surface area contributed by atoms with Gasteiger partial charge in [-0.3, -0.25) is 10.3 Å². The van der Waals surface area contributed by atoms with Crippen molar-refractivity contribution in [3.8, 4) is 0 Å². The Labute approximate surface area is 147 Å². The molecule has 0 spiro atoms. The highest BCUT2D eigenvalue weighted by atomic mass is 35.5. The minimum atomic E-state index is -0.320. The van der Waals surface area contributed by atoms with Crippen LogP contribution >= 0.6 is 11.6 Å². The topological polar surface area (TPSA) is 24.9 Å². The minimum Gasteiger partial charge on any atom is -0.299 e. The number of fused-ring (bicyclic) bond motifs is 2. The minimum absolute atomic E-state index is 0.0433. The first-order valence-corrected chi connectivity index (χ1v) is 8.69. The van der Waals surface area contributed by atoms with Crippen LogP contribution in [-0.4, -0.2) is 10.5 Å². The zero-order valence-electron chi connectivity index (χ0n) is 14.2. The lowest BCUT2D eigenvalue weighted by molar-refractivity contribution is 0.260. The van der Waals surface area contributed by atoms with E-state index in [2.05, 4.69) is 55.3 Å². The van der Waals surface area contributed by atoms with Crippen LogP contribution in [-0.2, 0) is 12.0 Å². The number of aromatic nitrogens is 1. The van der Waals surface area contributed by atoms with E-state index in [1.165, 1.54) is 11.1 Å². The van der Waals surface area contributed by atoms with E-state index in [0.29, 0.717) is 0 Å². The molecule has 0 fully saturated rings. The van der Waals surface area contributed by atoms with Crippen molar-refractivity contribution in [2.45, 2.75) is 38.3 Å². The maximum atomic E-state index is 6.54. The van der Waals surface area contributed by atoms with Crippen LogP contribution in [0.1, 0.15) is 37.5 Å². The smallest absolute Gasteiger partial charge is 0.0702 e. The molecule has 1 aliphatic heterocycles. The Bertz CT molecular complexity index is 932. The van der Waals surface area contributed by atoms with Crippen molar-refractivity contribution in [3.05, 3.63) is 76.4 Å². The first kappa shape index (κ1) is 15.6. The van der Waals surface area contributed by atoms with Gasteiger partial charge in [-0.2, -0.15) is 0 Å². The van der Waals surface area contributed by atoms with Gasteiger partial charge < -0.3 is 0 Å². The number of nitrogens with zero attached hydrogens (tertiary/aromatic N) is 1. The largest absolute Gasteiger partial charge is 0.299 e. The monoisotopic (exact) mass is 336 g/mol. The molecule has 2 nitrogen and oxygen atoms in total. The van der Waals surface area contributed by atoms with Crippen LogP contribution in [0.3, 0.4) is 0 Å². The second kappa shape index (κ2) is 5.30. The molecule has 4 rings (SSSR count). The van der Waals surface area contributed by atoms with Crippen molar-refractivity contribution in [3.63, 3.8) is 0 Å². The highest BCUT2D eigenvalue weighted by Crippen LogP contribution is 2.41. The predicted molar refractivity (Wildman–Crippen MR) is 101 cm³/mol. The van der Waals surface area contributed by atoms with Gasteiger partial charge in [-0.05, 0) is 62.1 Å². The summed E-state index contributed by atoms with van der Waals surface area (Å²) in [5, 5.41) is 5.84. The van der Waals surface area contributed by atoms with E-state index in [1.54, 1.807) is 0 Å². The normalized spacial score (nSPS) is 22.3. The van der Waals surface area contributed by atoms with Gasteiger partial charge in [0, 0.05) is 22.1 Å². The van der Waals surface area contributed by atoms with Gasteiger partial charge in [0.15, 0.2) is 0 Å². The van der Waals surface area contributed by atoms with E-state index in [-0.39, 0.29) is 11.1 Å². The van der Waals surface area contributed by atoms with Crippen LogP contribution in [0.5, 0.6) is 0 Å². The second-order valence-electron chi connectivity index (χ2n) is 7.49. The molecule has 3 aromatic rings. The highest BCUT2D eigenvalue weighted by Gasteiger charge is 2.41. The summed E-state index contributed by atoms with van der Waals surface area (Å²) in [6.45, 7) is 6.69. The third-order valence-electron chi connectivity index (χ3n) is 5.03. The number of rotatable bonds is 1. The molecule has 0 radical (unpaired) electrons. The molecule has 24 heavy (non-hydrogen) atoms. The highest BCUT2D eigenvalue weighted by molar-refractivity contribution is 6.31. The molecule has 1 N–H and O–H groups in total. The fourth-order valence-corrected chi connectivity index (χ4v) is 4.25. The van der Waals surface area contributed by atoms with Crippen LogP contribution in [0.15, 0.2) is 54.7 Å². The Morgan fingerprint density at radius 1 is 1.04 bits per heavy atom. The fourth-order valence-electron chi connectivity index (χ4n) is 4.01. The summed E-state index contributed by atoms with van der Waals surface area (Å²) in [7, 11) is 0. The molecule has 3 heteroatoms. The molecule has 0 bridgehead atoms. The molecule has 1 atom stereocenters. The molecular weight excluding hydrogens is 316 g/mol. The molecule has 122 valence electrons. The first-order valence-electron chi connectivity index (χ1n) is 8.32. The molecule has 1 aromatic heterocycles. The van der Waals surface area contributed by atoms with E-state index in [4.69, 9.17) is 11.6 Å². The number of hydrogen-bond acceptors (Lipinski definition) is 2. The summed E-state index contributed by atoms with van der Waals surface area (Å²) < 4.78 is 0. The Balaban J connectivity index is 1.96. The number of para-hydroxylation sites is 1. The van der Waals surface area contributed by atoms with Gasteiger partial charge in [-0.1, -0.05) is 41.9 Å². The number of pyridine rings is 1. The summed E-state index contributed by atoms with van der Waals surface area (Å²) in [5.41, 5.74) is 4.30. The molecule has 0 saturated carbocycles. The van der Waals surface area contributed by atoms with Gasteiger partial charge in [-0.25, -0.2) is 0 Å². The van der Waals surface area contributed by atoms with Crippen molar-refractivity contribution in [1.29, 1.82) is 0 Å². The quantitative estimate of drug-likeness (QED) is 0.670. The maximum absolute atomic E-state index is 6.54. The molecular formula is C21H21ClN2. The Morgan fingerprint density at radius 2 is 1.83 bits per heavy atom. The lowest BCUT2D eigenvalue weighted by Gasteiger charge is -2.46. The zero-order valence-corrected chi connectivity index (χ0v) is 15.0. The van der Waals surface area contributed by atoms with Gasteiger partial charge in [0.05, 0.1) is 11.1 Å². The molecule has 0 amide bonds. The van der Waals surface area contributed by atoms with Gasteiger partial charge in [-0.15, -0.1) is 0 Å². The maximum Gasteiger partial charge on any atom is 0.0702 e. The average Bonchev–Trinajstić information content (AvgIpc) is 2.55. The van der Waals surface area contributed by atoms with E-state index < -0.39 is 0 Å². The van der Waals surface area contributed by atoms with Crippen LogP contribution in [0.2, 0.25) is 5.02 Å². The number of hydrogen-bond donors (Lipinski definition) is 1. The van der Waals surface area contributed by atoms with Crippen LogP contribution in [0.25, 0.3) is 10.9 Å². The predicted octanol–water partition coefficient (Wildman–Crippen LogP) is 5.08. The average molecular weight is 337 g/mol.